The Morgan fingerprint density at radius 2 is 1.02 bits per heavy atom. The second-order valence-corrected chi connectivity index (χ2v) is 7.67. The van der Waals surface area contributed by atoms with E-state index in [-0.39, 0.29) is 91.4 Å². The minimum atomic E-state index is -1.11. The van der Waals surface area contributed by atoms with E-state index in [0.717, 1.165) is 28.9 Å². The molecule has 0 unspecified atom stereocenters. The van der Waals surface area contributed by atoms with E-state index in [1.807, 2.05) is 128 Å². The van der Waals surface area contributed by atoms with Crippen LogP contribution in [0.15, 0.2) is 153 Å². The number of hydrogen-bond donors (Lipinski definition) is 1. The van der Waals surface area contributed by atoms with Gasteiger partial charge in [0.1, 0.15) is 5.60 Å². The smallest absolute Gasteiger partial charge is 0.855 e. The summed E-state index contributed by atoms with van der Waals surface area (Å²) in [4.78, 5) is 11.8. The number of aliphatic hydroxyl groups is 1. The monoisotopic (exact) mass is 664 g/mol. The van der Waals surface area contributed by atoms with Gasteiger partial charge in [0.25, 0.3) is 0 Å². The van der Waals surface area contributed by atoms with Gasteiger partial charge in [0.05, 0.1) is 12.9 Å². The molecule has 0 aliphatic rings. The molecule has 0 saturated heterocycles. The number of hydrogen-bond acceptors (Lipinski definition) is 4. The third-order valence-corrected chi connectivity index (χ3v) is 5.08. The molecule has 1 N–H and O–H groups in total. The van der Waals surface area contributed by atoms with Gasteiger partial charge in [-0.2, -0.15) is 0 Å². The molecule has 0 aromatic heterocycles. The number of ketones is 1. The van der Waals surface area contributed by atoms with E-state index in [0.29, 0.717) is 0 Å². The largest absolute Gasteiger partial charge is 1.00 e. The Balaban J connectivity index is -0.000000167. The zero-order valence-electron chi connectivity index (χ0n) is 26.8. The third-order valence-electron chi connectivity index (χ3n) is 5.08. The van der Waals surface area contributed by atoms with E-state index >= 15 is 0 Å². The first kappa shape index (κ1) is 51.6. The van der Waals surface area contributed by atoms with Gasteiger partial charge >= 0.3 is 37.7 Å². The molecule has 0 fully saturated rings. The standard InChI is InChI=1S/C15H14O.C13H10O.C4H8O.C2H5O.C2H3.Ag.3Li/c1-2-15(16,13-9-5-3-6-10-13)14-11-7-4-8-12-14;14-13(11-7-3-1-4-8-11)12-9-5-2-6-10-12;1-3-5-4-2;1-2-3;1-2;;;;/h2-12,16H,1H2;1-10H;3H,1,4H2,2H3;2H2,1H3;1H,2H2;;;;/q;;;2*-1;;;2*+1. The Morgan fingerprint density at radius 1 is 0.750 bits per heavy atom. The molecule has 0 saturated carbocycles. The summed E-state index contributed by atoms with van der Waals surface area (Å²) in [7, 11) is 0. The van der Waals surface area contributed by atoms with Crippen LogP contribution in [0, 0.1) is 6.58 Å². The van der Waals surface area contributed by atoms with E-state index in [2.05, 4.69) is 31.1 Å². The van der Waals surface area contributed by atoms with E-state index in [1.54, 1.807) is 13.0 Å². The van der Waals surface area contributed by atoms with Gasteiger partial charge in [-0.15, -0.1) is 6.61 Å². The molecule has 8 heteroatoms. The molecular formula is C36H40AgLi3O4. The van der Waals surface area contributed by atoms with Crippen LogP contribution in [0.3, 0.4) is 0 Å². The summed E-state index contributed by atoms with van der Waals surface area (Å²) < 4.78 is 4.60. The molecule has 0 spiro atoms. The second-order valence-electron chi connectivity index (χ2n) is 7.67. The van der Waals surface area contributed by atoms with Crippen LogP contribution < -0.4 is 42.8 Å². The van der Waals surface area contributed by atoms with E-state index in [4.69, 9.17) is 5.11 Å². The van der Waals surface area contributed by atoms with Crippen molar-refractivity contribution in [2.24, 2.45) is 0 Å². The fourth-order valence-corrected chi connectivity index (χ4v) is 3.25. The fraction of sp³-hybridized carbons (Fsp3) is 0.139. The van der Waals surface area contributed by atoms with Crippen LogP contribution in [0.5, 0.6) is 0 Å². The van der Waals surface area contributed by atoms with Gasteiger partial charge in [-0.1, -0.05) is 147 Å². The number of carbonyl (C=O) groups excluding carboxylic acids is 1. The Hall–Kier alpha value is -1.98. The molecule has 0 aliphatic heterocycles. The van der Waals surface area contributed by atoms with Crippen LogP contribution in [-0.2, 0) is 32.7 Å². The number of carbonyl (C=O) groups is 1. The van der Waals surface area contributed by atoms with Crippen LogP contribution >= 0.6 is 0 Å². The minimum Gasteiger partial charge on any atom is -0.855 e. The Bertz CT molecular complexity index is 1120. The maximum absolute atomic E-state index is 11.8. The van der Waals surface area contributed by atoms with Crippen LogP contribution in [-0.4, -0.2) is 43.0 Å². The summed E-state index contributed by atoms with van der Waals surface area (Å²) in [6.45, 7) is 18.3. The van der Waals surface area contributed by atoms with Crippen molar-refractivity contribution in [1.29, 1.82) is 0 Å². The zero-order valence-corrected chi connectivity index (χ0v) is 28.3. The molecule has 0 heterocycles. The molecule has 4 nitrogen and oxygen atoms in total. The molecule has 44 heavy (non-hydrogen) atoms. The molecule has 4 aromatic rings. The molecule has 4 aromatic carbocycles. The first-order chi connectivity index (χ1) is 19.5. The van der Waals surface area contributed by atoms with Crippen LogP contribution in [0.1, 0.15) is 40.9 Å². The number of ether oxygens (including phenoxy) is 1. The van der Waals surface area contributed by atoms with E-state index < -0.39 is 5.60 Å². The molecule has 0 atom stereocenters. The Kier molecular flexibility index (Phi) is 39.8. The summed E-state index contributed by atoms with van der Waals surface area (Å²) >= 11 is 0. The van der Waals surface area contributed by atoms with Crippen molar-refractivity contribution in [3.8, 4) is 0 Å². The SMILES string of the molecule is C=CC(O)(c1ccccc1)c1ccccc1.C=COCC.CC[O-].O=C(c1ccccc1)c1ccccc1.[Ag].[CH-]=C.[Li+].[Li+].[Li]. The van der Waals surface area contributed by atoms with Crippen molar-refractivity contribution in [2.45, 2.75) is 19.4 Å². The summed E-state index contributed by atoms with van der Waals surface area (Å²) in [6, 6.07) is 37.7. The summed E-state index contributed by atoms with van der Waals surface area (Å²) in [5, 5.41) is 19.6. The summed E-state index contributed by atoms with van der Waals surface area (Å²) in [5.74, 6) is 0.0752. The number of rotatable bonds is 7. The third kappa shape index (κ3) is 20.1. The predicted octanol–water partition coefficient (Wildman–Crippen LogP) is 0.789. The van der Waals surface area contributed by atoms with Gasteiger partial charge in [-0.25, -0.2) is 0 Å². The molecule has 2 radical (unpaired) electrons. The van der Waals surface area contributed by atoms with Gasteiger partial charge in [0.15, 0.2) is 5.78 Å². The topological polar surface area (TPSA) is 69.6 Å². The summed E-state index contributed by atoms with van der Waals surface area (Å²) in [6.07, 6.45) is 3.00. The van der Waals surface area contributed by atoms with Crippen LogP contribution in [0.4, 0.5) is 0 Å². The molecule has 0 aliphatic carbocycles. The molecule has 222 valence electrons. The minimum absolute atomic E-state index is 0. The first-order valence-corrected chi connectivity index (χ1v) is 12.8. The zero-order chi connectivity index (χ0) is 30.1. The van der Waals surface area contributed by atoms with Crippen LogP contribution in [0.25, 0.3) is 0 Å². The van der Waals surface area contributed by atoms with E-state index in [9.17, 15) is 9.90 Å². The quantitative estimate of drug-likeness (QED) is 0.104. The van der Waals surface area contributed by atoms with Gasteiger partial charge < -0.3 is 21.5 Å². The van der Waals surface area contributed by atoms with Gasteiger partial charge in [-0.3, -0.25) is 11.4 Å². The van der Waals surface area contributed by atoms with Crippen molar-refractivity contribution in [1.82, 2.24) is 0 Å². The average Bonchev–Trinajstić information content (AvgIpc) is 3.04. The maximum atomic E-state index is 11.8. The van der Waals surface area contributed by atoms with Crippen molar-refractivity contribution in [3.63, 3.8) is 0 Å². The molecular weight excluding hydrogens is 625 g/mol. The van der Waals surface area contributed by atoms with Gasteiger partial charge in [-0.05, 0) is 18.1 Å². The van der Waals surface area contributed by atoms with Gasteiger partial charge in [0.2, 0.25) is 0 Å². The van der Waals surface area contributed by atoms with Crippen LogP contribution in [0.2, 0.25) is 0 Å². The van der Waals surface area contributed by atoms with Crippen molar-refractivity contribution in [2.75, 3.05) is 13.2 Å². The molecule has 0 bridgehead atoms. The Labute approximate surface area is 316 Å². The molecule has 0 amide bonds. The van der Waals surface area contributed by atoms with E-state index in [1.165, 1.54) is 6.26 Å². The second kappa shape index (κ2) is 33.9. The molecule has 4 rings (SSSR count). The average molecular weight is 665 g/mol. The van der Waals surface area contributed by atoms with Gasteiger partial charge in [0, 0.05) is 52.4 Å². The normalized spacial score (nSPS) is 8.36. The maximum Gasteiger partial charge on any atom is 1.00 e. The van der Waals surface area contributed by atoms with Crippen molar-refractivity contribution < 1.29 is 79.8 Å². The Morgan fingerprint density at radius 3 is 1.23 bits per heavy atom. The first-order valence-electron chi connectivity index (χ1n) is 12.8. The van der Waals surface area contributed by atoms with Crippen molar-refractivity contribution >= 4 is 24.6 Å². The summed E-state index contributed by atoms with van der Waals surface area (Å²) in [5.41, 5.74) is 2.02. The fourth-order valence-electron chi connectivity index (χ4n) is 3.25. The van der Waals surface area contributed by atoms with Crippen molar-refractivity contribution in [3.05, 3.63) is 182 Å². The predicted molar refractivity (Wildman–Crippen MR) is 170 cm³/mol. The number of benzene rings is 4.